The molecule has 0 radical (unpaired) electrons. The summed E-state index contributed by atoms with van der Waals surface area (Å²) in [7, 11) is 3.16. The second-order valence-corrected chi connectivity index (χ2v) is 5.57. The molecule has 2 amide bonds. The van der Waals surface area contributed by atoms with Crippen LogP contribution in [0.25, 0.3) is 0 Å². The Balaban J connectivity index is 1.91. The van der Waals surface area contributed by atoms with Gasteiger partial charge in [-0.2, -0.15) is 0 Å². The highest BCUT2D eigenvalue weighted by Crippen LogP contribution is 2.29. The molecular formula is C19H23FN2O3. The second kappa shape index (κ2) is 8.92. The van der Waals surface area contributed by atoms with Crippen molar-refractivity contribution in [2.24, 2.45) is 0 Å². The van der Waals surface area contributed by atoms with Crippen LogP contribution in [0.5, 0.6) is 11.5 Å². The van der Waals surface area contributed by atoms with Crippen molar-refractivity contribution in [1.29, 1.82) is 0 Å². The zero-order valence-electron chi connectivity index (χ0n) is 14.6. The van der Waals surface area contributed by atoms with Crippen LogP contribution in [0.2, 0.25) is 0 Å². The molecule has 134 valence electrons. The number of nitrogens with one attached hydrogen (secondary N) is 2. The summed E-state index contributed by atoms with van der Waals surface area (Å²) in [5, 5.41) is 5.58. The number of ether oxygens (including phenoxy) is 2. The van der Waals surface area contributed by atoms with Crippen LogP contribution >= 0.6 is 0 Å². The molecule has 0 saturated heterocycles. The minimum atomic E-state index is -0.325. The number of hydrogen-bond acceptors (Lipinski definition) is 3. The topological polar surface area (TPSA) is 59.6 Å². The molecule has 0 fully saturated rings. The summed E-state index contributed by atoms with van der Waals surface area (Å²) in [6.45, 7) is 2.20. The summed E-state index contributed by atoms with van der Waals surface area (Å²) in [6, 6.07) is 11.3. The van der Waals surface area contributed by atoms with Crippen molar-refractivity contribution in [3.05, 3.63) is 59.4 Å². The predicted molar refractivity (Wildman–Crippen MR) is 94.6 cm³/mol. The Kier molecular flexibility index (Phi) is 6.62. The molecule has 0 aliphatic heterocycles. The highest BCUT2D eigenvalue weighted by Gasteiger charge is 2.15. The van der Waals surface area contributed by atoms with Gasteiger partial charge in [0.15, 0.2) is 0 Å². The molecule has 0 spiro atoms. The second-order valence-electron chi connectivity index (χ2n) is 5.57. The largest absolute Gasteiger partial charge is 0.497 e. The van der Waals surface area contributed by atoms with Crippen molar-refractivity contribution in [3.63, 3.8) is 0 Å². The number of benzene rings is 2. The van der Waals surface area contributed by atoms with Crippen molar-refractivity contribution in [2.45, 2.75) is 19.4 Å². The molecule has 0 heterocycles. The molecule has 0 aromatic heterocycles. The summed E-state index contributed by atoms with van der Waals surface area (Å²) in [5.74, 6) is 1.09. The van der Waals surface area contributed by atoms with Gasteiger partial charge in [-0.1, -0.05) is 18.2 Å². The SMILES string of the molecule is COc1ccc(OC)c(C(C)NC(=O)NCCc2ccccc2F)c1. The van der Waals surface area contributed by atoms with Gasteiger partial charge in [-0.25, -0.2) is 9.18 Å². The Morgan fingerprint density at radius 3 is 2.60 bits per heavy atom. The van der Waals surface area contributed by atoms with Crippen molar-refractivity contribution < 1.29 is 18.7 Å². The van der Waals surface area contributed by atoms with E-state index in [1.54, 1.807) is 44.6 Å². The summed E-state index contributed by atoms with van der Waals surface area (Å²) in [5.41, 5.74) is 1.39. The third-order valence-corrected chi connectivity index (χ3v) is 3.89. The average Bonchev–Trinajstić information content (AvgIpc) is 2.62. The van der Waals surface area contributed by atoms with Gasteiger partial charge in [0.25, 0.3) is 0 Å². The molecule has 0 aliphatic rings. The zero-order chi connectivity index (χ0) is 18.2. The van der Waals surface area contributed by atoms with E-state index in [0.29, 0.717) is 30.0 Å². The third-order valence-electron chi connectivity index (χ3n) is 3.89. The molecule has 0 saturated carbocycles. The number of carbonyl (C=O) groups is 1. The van der Waals surface area contributed by atoms with Gasteiger partial charge in [-0.05, 0) is 43.2 Å². The highest BCUT2D eigenvalue weighted by molar-refractivity contribution is 5.74. The summed E-state index contributed by atoms with van der Waals surface area (Å²) >= 11 is 0. The third kappa shape index (κ3) is 5.11. The quantitative estimate of drug-likeness (QED) is 0.807. The van der Waals surface area contributed by atoms with E-state index < -0.39 is 0 Å². The monoisotopic (exact) mass is 346 g/mol. The lowest BCUT2D eigenvalue weighted by molar-refractivity contribution is 0.237. The molecular weight excluding hydrogens is 323 g/mol. The number of carbonyl (C=O) groups excluding carboxylic acids is 1. The molecule has 1 unspecified atom stereocenters. The fraction of sp³-hybridized carbons (Fsp3) is 0.316. The normalized spacial score (nSPS) is 11.5. The van der Waals surface area contributed by atoms with Crippen LogP contribution in [0, 0.1) is 5.82 Å². The lowest BCUT2D eigenvalue weighted by Crippen LogP contribution is -2.38. The summed E-state index contributed by atoms with van der Waals surface area (Å²) in [4.78, 5) is 12.1. The van der Waals surface area contributed by atoms with Gasteiger partial charge < -0.3 is 20.1 Å². The Hall–Kier alpha value is -2.76. The highest BCUT2D eigenvalue weighted by atomic mass is 19.1. The van der Waals surface area contributed by atoms with Crippen LogP contribution in [-0.2, 0) is 6.42 Å². The van der Waals surface area contributed by atoms with Crippen molar-refractivity contribution >= 4 is 6.03 Å². The van der Waals surface area contributed by atoms with Gasteiger partial charge in [-0.3, -0.25) is 0 Å². The van der Waals surface area contributed by atoms with E-state index in [1.807, 2.05) is 13.0 Å². The summed E-state index contributed by atoms with van der Waals surface area (Å²) < 4.78 is 24.1. The standard InChI is InChI=1S/C19H23FN2O3/c1-13(16-12-15(24-2)8-9-18(16)25-3)22-19(23)21-11-10-14-6-4-5-7-17(14)20/h4-9,12-13H,10-11H2,1-3H3,(H2,21,22,23). The molecule has 1 atom stereocenters. The van der Waals surface area contributed by atoms with Gasteiger partial charge in [0.2, 0.25) is 0 Å². The van der Waals surface area contributed by atoms with Crippen LogP contribution < -0.4 is 20.1 Å². The van der Waals surface area contributed by atoms with E-state index >= 15 is 0 Å². The van der Waals surface area contributed by atoms with Crippen molar-refractivity contribution in [3.8, 4) is 11.5 Å². The molecule has 5 nitrogen and oxygen atoms in total. The summed E-state index contributed by atoms with van der Waals surface area (Å²) in [6.07, 6.45) is 0.428. The molecule has 25 heavy (non-hydrogen) atoms. The minimum absolute atomic E-state index is 0.265. The zero-order valence-corrected chi connectivity index (χ0v) is 14.6. The molecule has 2 aromatic rings. The first-order valence-electron chi connectivity index (χ1n) is 8.05. The average molecular weight is 346 g/mol. The Morgan fingerprint density at radius 2 is 1.92 bits per heavy atom. The Bertz CT molecular complexity index is 722. The fourth-order valence-electron chi connectivity index (χ4n) is 2.52. The Labute approximate surface area is 147 Å². The van der Waals surface area contributed by atoms with Crippen molar-refractivity contribution in [1.82, 2.24) is 10.6 Å². The van der Waals surface area contributed by atoms with Crippen molar-refractivity contribution in [2.75, 3.05) is 20.8 Å². The first-order chi connectivity index (χ1) is 12.0. The molecule has 0 aliphatic carbocycles. The predicted octanol–water partition coefficient (Wildman–Crippen LogP) is 3.45. The lowest BCUT2D eigenvalue weighted by atomic mass is 10.1. The van der Waals surface area contributed by atoms with E-state index in [1.165, 1.54) is 6.07 Å². The molecule has 0 bridgehead atoms. The maximum Gasteiger partial charge on any atom is 0.315 e. The van der Waals surface area contributed by atoms with Crippen LogP contribution in [0.3, 0.4) is 0 Å². The van der Waals surface area contributed by atoms with Gasteiger partial charge in [0, 0.05) is 12.1 Å². The Morgan fingerprint density at radius 1 is 1.16 bits per heavy atom. The van der Waals surface area contributed by atoms with Gasteiger partial charge in [0.05, 0.1) is 20.3 Å². The van der Waals surface area contributed by atoms with E-state index in [2.05, 4.69) is 10.6 Å². The first-order valence-corrected chi connectivity index (χ1v) is 8.05. The minimum Gasteiger partial charge on any atom is -0.497 e. The van der Waals surface area contributed by atoms with Crippen LogP contribution in [-0.4, -0.2) is 26.8 Å². The lowest BCUT2D eigenvalue weighted by Gasteiger charge is -2.18. The number of rotatable bonds is 7. The number of amides is 2. The van der Waals surface area contributed by atoms with Gasteiger partial charge in [-0.15, -0.1) is 0 Å². The number of urea groups is 1. The molecule has 6 heteroatoms. The van der Waals surface area contributed by atoms with Crippen LogP contribution in [0.1, 0.15) is 24.1 Å². The van der Waals surface area contributed by atoms with Crippen LogP contribution in [0.4, 0.5) is 9.18 Å². The van der Waals surface area contributed by atoms with Gasteiger partial charge >= 0.3 is 6.03 Å². The number of halogens is 1. The molecule has 2 rings (SSSR count). The van der Waals surface area contributed by atoms with Gasteiger partial charge in [0.1, 0.15) is 17.3 Å². The van der Waals surface area contributed by atoms with E-state index in [4.69, 9.17) is 9.47 Å². The van der Waals surface area contributed by atoms with E-state index in [9.17, 15) is 9.18 Å². The number of hydrogen-bond donors (Lipinski definition) is 2. The fourth-order valence-corrected chi connectivity index (χ4v) is 2.52. The maximum atomic E-state index is 13.5. The van der Waals surface area contributed by atoms with E-state index in [0.717, 1.165) is 5.56 Å². The van der Waals surface area contributed by atoms with Crippen LogP contribution in [0.15, 0.2) is 42.5 Å². The smallest absolute Gasteiger partial charge is 0.315 e. The molecule has 2 aromatic carbocycles. The maximum absolute atomic E-state index is 13.5. The van der Waals surface area contributed by atoms with E-state index in [-0.39, 0.29) is 17.9 Å². The first kappa shape index (κ1) is 18.6. The number of methoxy groups -OCH3 is 2. The molecule has 2 N–H and O–H groups in total.